The van der Waals surface area contributed by atoms with Crippen molar-refractivity contribution in [3.63, 3.8) is 0 Å². The van der Waals surface area contributed by atoms with Gasteiger partial charge in [-0.15, -0.1) is 0 Å². The van der Waals surface area contributed by atoms with Gasteiger partial charge >= 0.3 is 0 Å². The zero-order valence-electron chi connectivity index (χ0n) is 15.0. The lowest BCUT2D eigenvalue weighted by atomic mass is 10.0. The summed E-state index contributed by atoms with van der Waals surface area (Å²) in [5, 5.41) is 4.28. The van der Waals surface area contributed by atoms with E-state index in [1.807, 2.05) is 29.9 Å². The monoisotopic (exact) mass is 413 g/mol. The number of hydrogen-bond donors (Lipinski definition) is 1. The van der Waals surface area contributed by atoms with Crippen molar-refractivity contribution in [3.8, 4) is 5.75 Å². The molecule has 1 aromatic heterocycles. The summed E-state index contributed by atoms with van der Waals surface area (Å²) >= 11 is 12.1. The molecule has 1 N–H and O–H groups in total. The van der Waals surface area contributed by atoms with Gasteiger partial charge in [-0.1, -0.05) is 35.3 Å². The lowest BCUT2D eigenvalue weighted by Crippen LogP contribution is -2.34. The maximum absolute atomic E-state index is 13.0. The number of carbonyl (C=O) groups is 1. The third-order valence-corrected chi connectivity index (χ3v) is 5.06. The van der Waals surface area contributed by atoms with Crippen molar-refractivity contribution < 1.29 is 9.53 Å². The molecule has 1 atom stereocenters. The first kappa shape index (κ1) is 18.6. The molecular formula is C21H17Cl2N3O2. The number of aromatic nitrogens is 2. The van der Waals surface area contributed by atoms with Gasteiger partial charge in [0.1, 0.15) is 24.2 Å². The standard InChI is InChI=1S/C21H17Cl2N3O2/c1-26-9-8-24-20(26)19(13-2-4-16(22)5-3-13)25-21(27)15-10-14-11-17(23)6-7-18(14)28-12-15/h2-11,19H,12H2,1H3,(H,25,27). The van der Waals surface area contributed by atoms with Crippen molar-refractivity contribution in [1.82, 2.24) is 14.9 Å². The topological polar surface area (TPSA) is 56.2 Å². The molecule has 3 aromatic rings. The van der Waals surface area contributed by atoms with Crippen LogP contribution in [0.4, 0.5) is 0 Å². The van der Waals surface area contributed by atoms with Gasteiger partial charge in [-0.3, -0.25) is 4.79 Å². The molecule has 0 bridgehead atoms. The highest BCUT2D eigenvalue weighted by Gasteiger charge is 2.24. The van der Waals surface area contributed by atoms with Crippen LogP contribution in [0.2, 0.25) is 10.0 Å². The number of amides is 1. The number of nitrogens with zero attached hydrogens (tertiary/aromatic N) is 2. The summed E-state index contributed by atoms with van der Waals surface area (Å²) in [5.74, 6) is 1.20. The highest BCUT2D eigenvalue weighted by molar-refractivity contribution is 6.31. The number of nitrogens with one attached hydrogen (secondary N) is 1. The second-order valence-electron chi connectivity index (χ2n) is 6.49. The first-order valence-electron chi connectivity index (χ1n) is 8.68. The van der Waals surface area contributed by atoms with Crippen LogP contribution in [-0.4, -0.2) is 22.1 Å². The van der Waals surface area contributed by atoms with Crippen LogP contribution in [0.5, 0.6) is 5.75 Å². The number of halogens is 2. The van der Waals surface area contributed by atoms with Crippen LogP contribution in [-0.2, 0) is 11.8 Å². The Labute approximate surface area is 172 Å². The molecule has 1 aliphatic rings. The highest BCUT2D eigenvalue weighted by Crippen LogP contribution is 2.30. The Morgan fingerprint density at radius 1 is 1.18 bits per heavy atom. The summed E-state index contributed by atoms with van der Waals surface area (Å²) in [7, 11) is 1.89. The predicted molar refractivity (Wildman–Crippen MR) is 110 cm³/mol. The third kappa shape index (κ3) is 3.77. The second kappa shape index (κ2) is 7.70. The molecule has 0 radical (unpaired) electrons. The number of imidazole rings is 1. The zero-order chi connectivity index (χ0) is 19.7. The maximum Gasteiger partial charge on any atom is 0.251 e. The molecule has 142 valence electrons. The molecule has 0 saturated heterocycles. The summed E-state index contributed by atoms with van der Waals surface area (Å²) < 4.78 is 7.58. The minimum Gasteiger partial charge on any atom is -0.488 e. The average Bonchev–Trinajstić information content (AvgIpc) is 3.11. The maximum atomic E-state index is 13.0. The summed E-state index contributed by atoms with van der Waals surface area (Å²) in [6.45, 7) is 0.189. The van der Waals surface area contributed by atoms with Gasteiger partial charge in [-0.05, 0) is 42.0 Å². The minimum absolute atomic E-state index is 0.189. The van der Waals surface area contributed by atoms with E-state index in [1.165, 1.54) is 0 Å². The molecule has 28 heavy (non-hydrogen) atoms. The number of ether oxygens (including phenoxy) is 1. The predicted octanol–water partition coefficient (Wildman–Crippen LogP) is 4.41. The smallest absolute Gasteiger partial charge is 0.251 e. The Balaban J connectivity index is 1.65. The Kier molecular flexibility index (Phi) is 5.11. The number of hydrogen-bond acceptors (Lipinski definition) is 3. The zero-order valence-corrected chi connectivity index (χ0v) is 16.5. The number of benzene rings is 2. The fourth-order valence-corrected chi connectivity index (χ4v) is 3.42. The average molecular weight is 414 g/mol. The van der Waals surface area contributed by atoms with E-state index >= 15 is 0 Å². The Bertz CT molecular complexity index is 1060. The van der Waals surface area contributed by atoms with Crippen molar-refractivity contribution in [2.45, 2.75) is 6.04 Å². The molecule has 5 nitrogen and oxygen atoms in total. The van der Waals surface area contributed by atoms with E-state index in [0.717, 1.165) is 17.0 Å². The van der Waals surface area contributed by atoms with E-state index in [4.69, 9.17) is 27.9 Å². The Hall–Kier alpha value is -2.76. The van der Waals surface area contributed by atoms with Crippen LogP contribution in [0.25, 0.3) is 6.08 Å². The molecule has 0 saturated carbocycles. The summed E-state index contributed by atoms with van der Waals surface area (Å²) in [4.78, 5) is 17.4. The quantitative estimate of drug-likeness (QED) is 0.688. The van der Waals surface area contributed by atoms with Crippen LogP contribution >= 0.6 is 23.2 Å². The fourth-order valence-electron chi connectivity index (χ4n) is 3.11. The molecule has 4 rings (SSSR count). The number of carbonyl (C=O) groups excluding carboxylic acids is 1. The molecule has 0 aliphatic carbocycles. The molecule has 0 spiro atoms. The minimum atomic E-state index is -0.425. The van der Waals surface area contributed by atoms with E-state index in [0.29, 0.717) is 21.4 Å². The van der Waals surface area contributed by atoms with Crippen molar-refractivity contribution >= 4 is 35.2 Å². The Morgan fingerprint density at radius 3 is 2.64 bits per heavy atom. The molecule has 1 aliphatic heterocycles. The van der Waals surface area contributed by atoms with Gasteiger partial charge in [0, 0.05) is 35.1 Å². The SMILES string of the molecule is Cn1ccnc1C(NC(=O)C1=Cc2cc(Cl)ccc2OC1)c1ccc(Cl)cc1. The van der Waals surface area contributed by atoms with Crippen LogP contribution in [0.15, 0.2) is 60.4 Å². The molecular weight excluding hydrogens is 397 g/mol. The van der Waals surface area contributed by atoms with E-state index in [2.05, 4.69) is 10.3 Å². The van der Waals surface area contributed by atoms with E-state index in [1.54, 1.807) is 42.6 Å². The molecule has 1 unspecified atom stereocenters. The first-order chi connectivity index (χ1) is 13.5. The van der Waals surface area contributed by atoms with E-state index in [9.17, 15) is 4.79 Å². The van der Waals surface area contributed by atoms with Gasteiger partial charge in [0.15, 0.2) is 0 Å². The number of aryl methyl sites for hydroxylation is 1. The van der Waals surface area contributed by atoms with Crippen LogP contribution in [0.1, 0.15) is 23.0 Å². The first-order valence-corrected chi connectivity index (χ1v) is 9.43. The van der Waals surface area contributed by atoms with Crippen LogP contribution in [0.3, 0.4) is 0 Å². The van der Waals surface area contributed by atoms with Crippen molar-refractivity contribution in [2.24, 2.45) is 7.05 Å². The third-order valence-electron chi connectivity index (χ3n) is 4.57. The molecule has 2 aromatic carbocycles. The van der Waals surface area contributed by atoms with Crippen LogP contribution < -0.4 is 10.1 Å². The van der Waals surface area contributed by atoms with Crippen molar-refractivity contribution in [2.75, 3.05) is 6.61 Å². The number of fused-ring (bicyclic) bond motifs is 1. The molecule has 2 heterocycles. The highest BCUT2D eigenvalue weighted by atomic mass is 35.5. The van der Waals surface area contributed by atoms with Crippen molar-refractivity contribution in [1.29, 1.82) is 0 Å². The lowest BCUT2D eigenvalue weighted by molar-refractivity contribution is -0.118. The number of rotatable bonds is 4. The van der Waals surface area contributed by atoms with Gasteiger partial charge in [0.25, 0.3) is 5.91 Å². The van der Waals surface area contributed by atoms with Gasteiger partial charge in [0.2, 0.25) is 0 Å². The van der Waals surface area contributed by atoms with Crippen LogP contribution in [0, 0.1) is 0 Å². The summed E-state index contributed by atoms with van der Waals surface area (Å²) in [6.07, 6.45) is 5.34. The van der Waals surface area contributed by atoms with Gasteiger partial charge in [0.05, 0.1) is 5.57 Å². The van der Waals surface area contributed by atoms with Gasteiger partial charge < -0.3 is 14.6 Å². The fraction of sp³-hybridized carbons (Fsp3) is 0.143. The Morgan fingerprint density at radius 2 is 1.93 bits per heavy atom. The van der Waals surface area contributed by atoms with Gasteiger partial charge in [-0.2, -0.15) is 0 Å². The normalized spacial score (nSPS) is 13.9. The molecule has 0 fully saturated rings. The molecule has 1 amide bonds. The van der Waals surface area contributed by atoms with E-state index < -0.39 is 6.04 Å². The van der Waals surface area contributed by atoms with E-state index in [-0.39, 0.29) is 12.5 Å². The summed E-state index contributed by atoms with van der Waals surface area (Å²) in [5.41, 5.74) is 2.18. The largest absolute Gasteiger partial charge is 0.488 e. The summed E-state index contributed by atoms with van der Waals surface area (Å²) in [6, 6.07) is 12.3. The van der Waals surface area contributed by atoms with Crippen molar-refractivity contribution in [3.05, 3.63) is 87.4 Å². The van der Waals surface area contributed by atoms with Gasteiger partial charge in [-0.25, -0.2) is 4.98 Å². The molecule has 7 heteroatoms. The lowest BCUT2D eigenvalue weighted by Gasteiger charge is -2.22. The second-order valence-corrected chi connectivity index (χ2v) is 7.37.